The molecule has 2 aromatic heterocycles. The summed E-state index contributed by atoms with van der Waals surface area (Å²) in [6.45, 7) is 3.63. The van der Waals surface area contributed by atoms with E-state index in [9.17, 15) is 0 Å². The maximum absolute atomic E-state index is 7.60. The molecule has 2 N–H and O–H groups in total. The van der Waals surface area contributed by atoms with Gasteiger partial charge in [-0.15, -0.1) is 0 Å². The molecule has 0 fully saturated rings. The van der Waals surface area contributed by atoms with E-state index in [4.69, 9.17) is 5.41 Å². The number of hydrogen-bond donors (Lipinski definition) is 2. The molecule has 0 unspecified atom stereocenters. The fraction of sp³-hybridized carbons (Fsp3) is 0.250. The van der Waals surface area contributed by atoms with Gasteiger partial charge in [-0.2, -0.15) is 0 Å². The number of rotatable bonds is 0. The minimum Gasteiger partial charge on any atom is -0.327 e. The van der Waals surface area contributed by atoms with Gasteiger partial charge in [-0.3, -0.25) is 5.41 Å². The van der Waals surface area contributed by atoms with Gasteiger partial charge in [0, 0.05) is 0 Å². The minimum atomic E-state index is 0.263. The second kappa shape index (κ2) is 2.62. The van der Waals surface area contributed by atoms with Gasteiger partial charge in [0.1, 0.15) is 11.3 Å². The van der Waals surface area contributed by atoms with Crippen molar-refractivity contribution in [3.05, 3.63) is 23.2 Å². The predicted molar refractivity (Wildman–Crippen MR) is 47.0 cm³/mol. The highest BCUT2D eigenvalue weighted by molar-refractivity contribution is 5.67. The van der Waals surface area contributed by atoms with E-state index in [1.54, 1.807) is 13.1 Å². The Labute approximate surface area is 74.4 Å². The van der Waals surface area contributed by atoms with Crippen LogP contribution in [0.2, 0.25) is 0 Å². The van der Waals surface area contributed by atoms with E-state index in [1.165, 1.54) is 0 Å². The summed E-state index contributed by atoms with van der Waals surface area (Å²) in [5.41, 5.74) is 2.09. The Balaban J connectivity index is 2.95. The third-order valence-corrected chi connectivity index (χ3v) is 1.69. The molecule has 0 saturated carbocycles. The highest BCUT2D eigenvalue weighted by Crippen LogP contribution is 2.00. The van der Waals surface area contributed by atoms with Gasteiger partial charge in [0.15, 0.2) is 11.1 Å². The molecule has 0 amide bonds. The molecule has 13 heavy (non-hydrogen) atoms. The van der Waals surface area contributed by atoms with Crippen molar-refractivity contribution in [1.82, 2.24) is 19.9 Å². The lowest BCUT2D eigenvalue weighted by atomic mass is 10.4. The molecule has 0 aromatic carbocycles. The number of hydrogen-bond acceptors (Lipinski definition) is 4. The number of H-pyrrole nitrogens is 1. The second-order valence-electron chi connectivity index (χ2n) is 2.88. The largest absolute Gasteiger partial charge is 0.327 e. The van der Waals surface area contributed by atoms with E-state index < -0.39 is 0 Å². The van der Waals surface area contributed by atoms with E-state index in [0.717, 1.165) is 5.69 Å². The predicted octanol–water partition coefficient (Wildman–Crippen LogP) is 0.449. The Kier molecular flexibility index (Phi) is 1.58. The zero-order valence-electron chi connectivity index (χ0n) is 7.42. The quantitative estimate of drug-likeness (QED) is 0.610. The molecule has 5 nitrogen and oxygen atoms in total. The number of fused-ring (bicyclic) bond motifs is 1. The van der Waals surface area contributed by atoms with E-state index in [2.05, 4.69) is 19.9 Å². The third-order valence-electron chi connectivity index (χ3n) is 1.69. The maximum Gasteiger partial charge on any atom is 0.183 e. The number of nitrogens with zero attached hydrogens (tertiary/aromatic N) is 3. The molecule has 5 heteroatoms. The Hall–Kier alpha value is -1.78. The number of aromatic amines is 1. The monoisotopic (exact) mass is 175 g/mol. The summed E-state index contributed by atoms with van der Waals surface area (Å²) in [5.74, 6) is 0.677. The van der Waals surface area contributed by atoms with Crippen molar-refractivity contribution in [2.24, 2.45) is 0 Å². The van der Waals surface area contributed by atoms with Crippen LogP contribution in [0.15, 0.2) is 6.20 Å². The first-order chi connectivity index (χ1) is 6.16. The Bertz CT molecular complexity index is 513. The summed E-state index contributed by atoms with van der Waals surface area (Å²) >= 11 is 0. The lowest BCUT2D eigenvalue weighted by Gasteiger charge is -1.98. The zero-order valence-corrected chi connectivity index (χ0v) is 7.42. The normalized spacial score (nSPS) is 10.6. The lowest BCUT2D eigenvalue weighted by Crippen LogP contribution is -2.12. The van der Waals surface area contributed by atoms with Crippen LogP contribution >= 0.6 is 0 Å². The summed E-state index contributed by atoms with van der Waals surface area (Å²) in [6.07, 6.45) is 1.65. The number of aryl methyl sites for hydroxylation is 2. The summed E-state index contributed by atoms with van der Waals surface area (Å²) in [5, 5.41) is 7.60. The first kappa shape index (κ1) is 7.85. The van der Waals surface area contributed by atoms with E-state index in [-0.39, 0.29) is 5.49 Å². The van der Waals surface area contributed by atoms with Crippen molar-refractivity contribution in [3.63, 3.8) is 0 Å². The minimum absolute atomic E-state index is 0.263. The van der Waals surface area contributed by atoms with Crippen LogP contribution in [-0.2, 0) is 0 Å². The van der Waals surface area contributed by atoms with Gasteiger partial charge in [-0.25, -0.2) is 15.0 Å². The highest BCUT2D eigenvalue weighted by atomic mass is 15.0. The Morgan fingerprint density at radius 2 is 2.08 bits per heavy atom. The molecule has 0 aliphatic carbocycles. The van der Waals surface area contributed by atoms with Crippen LogP contribution in [0.5, 0.6) is 0 Å². The summed E-state index contributed by atoms with van der Waals surface area (Å²) in [6, 6.07) is 0. The van der Waals surface area contributed by atoms with Gasteiger partial charge < -0.3 is 4.98 Å². The molecular weight excluding hydrogens is 166 g/mol. The average molecular weight is 175 g/mol. The van der Waals surface area contributed by atoms with Crippen molar-refractivity contribution in [3.8, 4) is 0 Å². The lowest BCUT2D eigenvalue weighted by molar-refractivity contribution is 0.973. The van der Waals surface area contributed by atoms with Gasteiger partial charge in [0.05, 0.1) is 11.9 Å². The highest BCUT2D eigenvalue weighted by Gasteiger charge is 2.00. The molecule has 2 aromatic rings. The molecule has 2 heterocycles. The first-order valence-electron chi connectivity index (χ1n) is 3.91. The summed E-state index contributed by atoms with van der Waals surface area (Å²) < 4.78 is 0. The average Bonchev–Trinajstić information content (AvgIpc) is 2.06. The van der Waals surface area contributed by atoms with Crippen LogP contribution in [0.1, 0.15) is 11.5 Å². The van der Waals surface area contributed by atoms with Crippen LogP contribution in [0.25, 0.3) is 11.2 Å². The molecule has 0 atom stereocenters. The number of aromatic nitrogens is 4. The van der Waals surface area contributed by atoms with Crippen LogP contribution in [-0.4, -0.2) is 19.9 Å². The van der Waals surface area contributed by atoms with Gasteiger partial charge in [0.25, 0.3) is 0 Å². The van der Waals surface area contributed by atoms with E-state index in [1.807, 2.05) is 6.92 Å². The van der Waals surface area contributed by atoms with Gasteiger partial charge >= 0.3 is 0 Å². The zero-order chi connectivity index (χ0) is 9.42. The molecule has 0 aliphatic heterocycles. The van der Waals surface area contributed by atoms with Crippen LogP contribution in [0.3, 0.4) is 0 Å². The van der Waals surface area contributed by atoms with Gasteiger partial charge in [-0.1, -0.05) is 0 Å². The van der Waals surface area contributed by atoms with Crippen LogP contribution in [0.4, 0.5) is 0 Å². The first-order valence-corrected chi connectivity index (χ1v) is 3.91. The molecule has 0 aliphatic rings. The topological polar surface area (TPSA) is 78.3 Å². The molecule has 0 bridgehead atoms. The molecule has 0 saturated heterocycles. The fourth-order valence-corrected chi connectivity index (χ4v) is 1.15. The standard InChI is InChI=1S/C8H9N5/c1-4-3-10-8-6(11-4)7(9)12-5(2)13-8/h3H,1-2H3,(H2,9,10,12,13). The fourth-order valence-electron chi connectivity index (χ4n) is 1.15. The maximum atomic E-state index is 7.60. The molecule has 66 valence electrons. The smallest absolute Gasteiger partial charge is 0.183 e. The molecular formula is C8H9N5. The number of nitrogens with one attached hydrogen (secondary N) is 2. The van der Waals surface area contributed by atoms with Gasteiger partial charge in [-0.05, 0) is 13.8 Å². The summed E-state index contributed by atoms with van der Waals surface area (Å²) in [4.78, 5) is 15.2. The van der Waals surface area contributed by atoms with Crippen LogP contribution in [0, 0.1) is 19.3 Å². The van der Waals surface area contributed by atoms with E-state index >= 15 is 0 Å². The second-order valence-corrected chi connectivity index (χ2v) is 2.88. The van der Waals surface area contributed by atoms with Crippen molar-refractivity contribution in [1.29, 1.82) is 5.41 Å². The van der Waals surface area contributed by atoms with Crippen LogP contribution < -0.4 is 5.49 Å². The van der Waals surface area contributed by atoms with Crippen molar-refractivity contribution in [2.45, 2.75) is 13.8 Å². The third kappa shape index (κ3) is 1.28. The Morgan fingerprint density at radius 1 is 1.31 bits per heavy atom. The molecule has 0 spiro atoms. The van der Waals surface area contributed by atoms with Gasteiger partial charge in [0.2, 0.25) is 0 Å². The SMILES string of the molecule is Cc1cnc2nc(C)[nH]c(=N)c2n1. The summed E-state index contributed by atoms with van der Waals surface area (Å²) in [7, 11) is 0. The van der Waals surface area contributed by atoms with Crippen molar-refractivity contribution in [2.75, 3.05) is 0 Å². The van der Waals surface area contributed by atoms with Crippen molar-refractivity contribution >= 4 is 11.2 Å². The van der Waals surface area contributed by atoms with E-state index in [0.29, 0.717) is 17.0 Å². The van der Waals surface area contributed by atoms with Crippen molar-refractivity contribution < 1.29 is 0 Å². The molecule has 0 radical (unpaired) electrons. The Morgan fingerprint density at radius 3 is 2.85 bits per heavy atom. The molecule has 2 rings (SSSR count).